The van der Waals surface area contributed by atoms with Crippen LogP contribution in [-0.2, 0) is 5.41 Å². The summed E-state index contributed by atoms with van der Waals surface area (Å²) < 4.78 is 40.6. The van der Waals surface area contributed by atoms with Crippen LogP contribution in [0.15, 0.2) is 48.7 Å². The van der Waals surface area contributed by atoms with Crippen molar-refractivity contribution in [3.05, 3.63) is 59.9 Å². The number of benzene rings is 1. The number of rotatable bonds is 4. The molecule has 0 unspecified atom stereocenters. The maximum atomic E-state index is 12.3. The molecule has 1 heterocycles. The summed E-state index contributed by atoms with van der Waals surface area (Å²) in [6.45, 7) is 0. The number of pyridine rings is 1. The highest BCUT2D eigenvalue weighted by Crippen LogP contribution is 2.52. The van der Waals surface area contributed by atoms with Gasteiger partial charge in [-0.2, -0.15) is 0 Å². The van der Waals surface area contributed by atoms with Gasteiger partial charge in [-0.1, -0.05) is 18.2 Å². The van der Waals surface area contributed by atoms with Gasteiger partial charge in [-0.05, 0) is 42.7 Å². The Hall–Kier alpha value is -2.12. The predicted molar refractivity (Wildman–Crippen MR) is 79.2 cm³/mol. The van der Waals surface area contributed by atoms with Crippen molar-refractivity contribution in [2.45, 2.75) is 36.8 Å². The standard InChI is InChI=1S/C17H16F3NO3/c18-17(19,20)24-13-6-4-11(5-7-13)16(9-12(22)10-16)15(23)14-3-1-2-8-21-14/h1-8,12,15,22-23H,9-10H2/t12?,15-,16?/m1/s1. The first-order chi connectivity index (χ1) is 11.3. The molecule has 0 radical (unpaired) electrons. The molecule has 1 aromatic heterocycles. The maximum Gasteiger partial charge on any atom is 0.573 e. The highest BCUT2D eigenvalue weighted by atomic mass is 19.4. The van der Waals surface area contributed by atoms with Crippen LogP contribution in [0.3, 0.4) is 0 Å². The molecule has 0 amide bonds. The fourth-order valence-electron chi connectivity index (χ4n) is 3.21. The van der Waals surface area contributed by atoms with Crippen LogP contribution in [0.5, 0.6) is 5.75 Å². The Bertz CT molecular complexity index is 682. The molecular formula is C17H16F3NO3. The minimum atomic E-state index is -4.75. The van der Waals surface area contributed by atoms with Crippen molar-refractivity contribution < 1.29 is 28.1 Å². The molecular weight excluding hydrogens is 323 g/mol. The zero-order valence-electron chi connectivity index (χ0n) is 12.6. The van der Waals surface area contributed by atoms with E-state index in [9.17, 15) is 23.4 Å². The number of alkyl halides is 3. The van der Waals surface area contributed by atoms with E-state index in [4.69, 9.17) is 0 Å². The maximum absolute atomic E-state index is 12.3. The Morgan fingerprint density at radius 1 is 1.12 bits per heavy atom. The van der Waals surface area contributed by atoms with Crippen LogP contribution in [0.2, 0.25) is 0 Å². The summed E-state index contributed by atoms with van der Waals surface area (Å²) >= 11 is 0. The Morgan fingerprint density at radius 3 is 2.29 bits per heavy atom. The van der Waals surface area contributed by atoms with Crippen LogP contribution in [-0.4, -0.2) is 27.7 Å². The van der Waals surface area contributed by atoms with Crippen LogP contribution in [0.4, 0.5) is 13.2 Å². The molecule has 0 saturated heterocycles. The molecule has 0 spiro atoms. The van der Waals surface area contributed by atoms with Crippen LogP contribution in [0.1, 0.15) is 30.2 Å². The summed E-state index contributed by atoms with van der Waals surface area (Å²) in [7, 11) is 0. The Labute approximate surface area is 136 Å². The third-order valence-electron chi connectivity index (χ3n) is 4.35. The Morgan fingerprint density at radius 2 is 1.79 bits per heavy atom. The van der Waals surface area contributed by atoms with Crippen molar-refractivity contribution >= 4 is 0 Å². The van der Waals surface area contributed by atoms with Gasteiger partial charge < -0.3 is 14.9 Å². The summed E-state index contributed by atoms with van der Waals surface area (Å²) in [4.78, 5) is 4.14. The van der Waals surface area contributed by atoms with Gasteiger partial charge in [0.2, 0.25) is 0 Å². The molecule has 1 saturated carbocycles. The second-order valence-electron chi connectivity index (χ2n) is 5.95. The topological polar surface area (TPSA) is 62.6 Å². The molecule has 0 aliphatic heterocycles. The first-order valence-electron chi connectivity index (χ1n) is 7.43. The molecule has 2 aromatic rings. The first kappa shape index (κ1) is 16.7. The smallest absolute Gasteiger partial charge is 0.406 e. The van der Waals surface area contributed by atoms with Crippen LogP contribution < -0.4 is 4.74 Å². The zero-order chi connectivity index (χ0) is 17.4. The lowest BCUT2D eigenvalue weighted by Crippen LogP contribution is -2.49. The molecule has 4 nitrogen and oxygen atoms in total. The third-order valence-corrected chi connectivity index (χ3v) is 4.35. The average molecular weight is 339 g/mol. The van der Waals surface area contributed by atoms with E-state index < -0.39 is 24.0 Å². The van der Waals surface area contributed by atoms with Gasteiger partial charge in [0.25, 0.3) is 0 Å². The number of hydrogen-bond donors (Lipinski definition) is 2. The lowest BCUT2D eigenvalue weighted by atomic mass is 9.59. The van der Waals surface area contributed by atoms with Gasteiger partial charge in [0, 0.05) is 11.6 Å². The predicted octanol–water partition coefficient (Wildman–Crippen LogP) is 3.11. The molecule has 1 fully saturated rings. The molecule has 24 heavy (non-hydrogen) atoms. The van der Waals surface area contributed by atoms with E-state index in [0.29, 0.717) is 24.1 Å². The van der Waals surface area contributed by atoms with Crippen molar-refractivity contribution in [1.29, 1.82) is 0 Å². The van der Waals surface area contributed by atoms with Gasteiger partial charge in [0.15, 0.2) is 0 Å². The lowest BCUT2D eigenvalue weighted by molar-refractivity contribution is -0.274. The minimum absolute atomic E-state index is 0.310. The van der Waals surface area contributed by atoms with Gasteiger partial charge in [-0.25, -0.2) is 0 Å². The molecule has 0 bridgehead atoms. The number of aliphatic hydroxyl groups excluding tert-OH is 2. The summed E-state index contributed by atoms with van der Waals surface area (Å²) in [5.41, 5.74) is 0.324. The fourth-order valence-corrected chi connectivity index (χ4v) is 3.21. The molecule has 1 aliphatic rings. The van der Waals surface area contributed by atoms with E-state index in [-0.39, 0.29) is 5.75 Å². The minimum Gasteiger partial charge on any atom is -0.406 e. The molecule has 1 aromatic carbocycles. The average Bonchev–Trinajstić information content (AvgIpc) is 2.51. The third kappa shape index (κ3) is 3.22. The van der Waals surface area contributed by atoms with Gasteiger partial charge >= 0.3 is 6.36 Å². The molecule has 1 aliphatic carbocycles. The number of nitrogens with zero attached hydrogens (tertiary/aromatic N) is 1. The first-order valence-corrected chi connectivity index (χ1v) is 7.43. The fraction of sp³-hybridized carbons (Fsp3) is 0.353. The molecule has 3 rings (SSSR count). The van der Waals surface area contributed by atoms with Crippen molar-refractivity contribution in [3.8, 4) is 5.75 Å². The second kappa shape index (κ2) is 6.07. The Kier molecular flexibility index (Phi) is 4.23. The van der Waals surface area contributed by atoms with Crippen molar-refractivity contribution in [1.82, 2.24) is 4.98 Å². The van der Waals surface area contributed by atoms with Gasteiger partial charge in [-0.3, -0.25) is 4.98 Å². The van der Waals surface area contributed by atoms with E-state index in [1.807, 2.05) is 0 Å². The molecule has 1 atom stereocenters. The largest absolute Gasteiger partial charge is 0.573 e. The van der Waals surface area contributed by atoms with E-state index in [0.717, 1.165) is 0 Å². The Balaban J connectivity index is 1.88. The number of halogens is 3. The highest BCUT2D eigenvalue weighted by Gasteiger charge is 2.51. The van der Waals surface area contributed by atoms with Gasteiger partial charge in [-0.15, -0.1) is 13.2 Å². The van der Waals surface area contributed by atoms with E-state index in [2.05, 4.69) is 9.72 Å². The molecule has 128 valence electrons. The summed E-state index contributed by atoms with van der Waals surface area (Å²) in [5, 5.41) is 20.5. The van der Waals surface area contributed by atoms with Gasteiger partial charge in [0.1, 0.15) is 11.9 Å². The normalized spacial score (nSPS) is 25.0. The zero-order valence-corrected chi connectivity index (χ0v) is 12.6. The lowest BCUT2D eigenvalue weighted by Gasteiger charge is -2.48. The second-order valence-corrected chi connectivity index (χ2v) is 5.95. The van der Waals surface area contributed by atoms with E-state index in [1.54, 1.807) is 24.4 Å². The van der Waals surface area contributed by atoms with Crippen LogP contribution in [0, 0.1) is 0 Å². The van der Waals surface area contributed by atoms with Crippen LogP contribution >= 0.6 is 0 Å². The van der Waals surface area contributed by atoms with E-state index >= 15 is 0 Å². The summed E-state index contributed by atoms with van der Waals surface area (Å²) in [6.07, 6.45) is -4.10. The van der Waals surface area contributed by atoms with Gasteiger partial charge in [0.05, 0.1) is 11.8 Å². The quantitative estimate of drug-likeness (QED) is 0.898. The number of ether oxygens (including phenoxy) is 1. The summed E-state index contributed by atoms with van der Waals surface area (Å²) in [6, 6.07) is 10.5. The number of aliphatic hydroxyl groups is 2. The van der Waals surface area contributed by atoms with Crippen molar-refractivity contribution in [2.75, 3.05) is 0 Å². The summed E-state index contributed by atoms with van der Waals surface area (Å²) in [5.74, 6) is -0.325. The highest BCUT2D eigenvalue weighted by molar-refractivity contribution is 5.37. The van der Waals surface area contributed by atoms with E-state index in [1.165, 1.54) is 24.3 Å². The monoisotopic (exact) mass is 339 g/mol. The molecule has 7 heteroatoms. The SMILES string of the molecule is OC1CC(c2ccc(OC(F)(F)F)cc2)([C@H](O)c2ccccn2)C1. The van der Waals surface area contributed by atoms with Crippen molar-refractivity contribution in [3.63, 3.8) is 0 Å². The van der Waals surface area contributed by atoms with Crippen LogP contribution in [0.25, 0.3) is 0 Å². The number of aromatic nitrogens is 1. The van der Waals surface area contributed by atoms with Crippen molar-refractivity contribution in [2.24, 2.45) is 0 Å². The number of hydrogen-bond acceptors (Lipinski definition) is 4. The molecule has 2 N–H and O–H groups in total.